The average molecular weight is 504 g/mol. The van der Waals surface area contributed by atoms with Crippen LogP contribution in [0.4, 0.5) is 10.1 Å². The largest absolute Gasteiger partial charge is 0.496 e. The topological polar surface area (TPSA) is 71.0 Å². The molecule has 1 N–H and O–H groups in total. The Labute approximate surface area is 213 Å². The predicted octanol–water partition coefficient (Wildman–Crippen LogP) is 5.76. The van der Waals surface area contributed by atoms with Gasteiger partial charge in [0.2, 0.25) is 0 Å². The number of nitrogens with one attached hydrogen (secondary N) is 1. The minimum absolute atomic E-state index is 0.0656. The molecule has 2 atom stereocenters. The van der Waals surface area contributed by atoms with Crippen molar-refractivity contribution in [3.05, 3.63) is 100 Å². The molecule has 2 amide bonds. The molecule has 0 spiro atoms. The maximum atomic E-state index is 13.5. The third kappa shape index (κ3) is 4.50. The second-order valence-electron chi connectivity index (χ2n) is 8.77. The number of hydrazone groups is 1. The summed E-state index contributed by atoms with van der Waals surface area (Å²) in [6.07, 6.45) is 2.55. The number of fused-ring (bicyclic) bond motifs is 1. The molecule has 2 aliphatic rings. The van der Waals surface area contributed by atoms with Gasteiger partial charge in [-0.3, -0.25) is 9.59 Å². The number of carbonyl (C=O) groups is 2. The molecular weight excluding hydrogens is 481 g/mol. The zero-order valence-electron chi connectivity index (χ0n) is 19.7. The lowest BCUT2D eigenvalue weighted by atomic mass is 9.73. The highest BCUT2D eigenvalue weighted by atomic mass is 35.5. The Bertz CT molecular complexity index is 1400. The summed E-state index contributed by atoms with van der Waals surface area (Å²) in [5, 5.41) is 9.13. The molecule has 0 aromatic heterocycles. The number of amides is 2. The van der Waals surface area contributed by atoms with Gasteiger partial charge in [0.05, 0.1) is 24.3 Å². The molecule has 3 aromatic rings. The summed E-state index contributed by atoms with van der Waals surface area (Å²) < 4.78 is 18.8. The van der Waals surface area contributed by atoms with Gasteiger partial charge >= 0.3 is 0 Å². The Morgan fingerprint density at radius 1 is 1.11 bits per heavy atom. The van der Waals surface area contributed by atoms with Gasteiger partial charge in [0.1, 0.15) is 11.6 Å². The molecule has 1 aliphatic carbocycles. The Balaban J connectivity index is 1.40. The Morgan fingerprint density at radius 3 is 2.53 bits per heavy atom. The molecule has 5 rings (SSSR count). The summed E-state index contributed by atoms with van der Waals surface area (Å²) in [6, 6.07) is 18.6. The number of allylic oxidation sites excluding steroid dienone is 2. The first-order valence-electron chi connectivity index (χ1n) is 11.4. The molecule has 36 heavy (non-hydrogen) atoms. The van der Waals surface area contributed by atoms with Crippen molar-refractivity contribution < 1.29 is 18.7 Å². The first kappa shape index (κ1) is 23.8. The van der Waals surface area contributed by atoms with Crippen LogP contribution in [-0.2, 0) is 4.79 Å². The van der Waals surface area contributed by atoms with E-state index in [1.54, 1.807) is 37.4 Å². The molecule has 0 saturated heterocycles. The van der Waals surface area contributed by atoms with Crippen molar-refractivity contribution in [2.45, 2.75) is 12.3 Å². The molecule has 0 saturated carbocycles. The summed E-state index contributed by atoms with van der Waals surface area (Å²) in [5.74, 6) is -0.836. The van der Waals surface area contributed by atoms with Crippen LogP contribution in [0.25, 0.3) is 5.57 Å². The third-order valence-corrected chi connectivity index (χ3v) is 6.79. The highest BCUT2D eigenvalue weighted by Gasteiger charge is 2.42. The van der Waals surface area contributed by atoms with Gasteiger partial charge < -0.3 is 10.1 Å². The fraction of sp³-hybridized carbons (Fsp3) is 0.179. The number of rotatable bonds is 5. The Morgan fingerprint density at radius 2 is 1.83 bits per heavy atom. The van der Waals surface area contributed by atoms with Crippen molar-refractivity contribution in [1.82, 2.24) is 5.01 Å². The number of hydrogen-bond acceptors (Lipinski definition) is 4. The van der Waals surface area contributed by atoms with E-state index in [0.717, 1.165) is 16.7 Å². The van der Waals surface area contributed by atoms with Crippen LogP contribution < -0.4 is 10.1 Å². The smallest absolute Gasteiger partial charge is 0.259 e. The van der Waals surface area contributed by atoms with E-state index in [9.17, 15) is 14.0 Å². The van der Waals surface area contributed by atoms with Gasteiger partial charge in [-0.1, -0.05) is 35.9 Å². The number of benzene rings is 3. The monoisotopic (exact) mass is 503 g/mol. The van der Waals surface area contributed by atoms with E-state index in [0.29, 0.717) is 34.2 Å². The van der Waals surface area contributed by atoms with Gasteiger partial charge in [0, 0.05) is 23.7 Å². The van der Waals surface area contributed by atoms with E-state index in [4.69, 9.17) is 16.3 Å². The van der Waals surface area contributed by atoms with Crippen LogP contribution >= 0.6 is 11.6 Å². The van der Waals surface area contributed by atoms with E-state index < -0.39 is 5.92 Å². The van der Waals surface area contributed by atoms with Crippen LogP contribution in [0.2, 0.25) is 5.02 Å². The minimum atomic E-state index is -0.393. The number of anilines is 1. The number of nitrogens with zero attached hydrogens (tertiary/aromatic N) is 2. The summed E-state index contributed by atoms with van der Waals surface area (Å²) >= 11 is 6.05. The SMILES string of the molecule is COc1ccc(Cl)cc1C(=O)Nc1ccc(C2=CC3=NN(C)C(=O)[C@H]3[C@@H](c3ccc(F)cc3)C2)cc1. The quantitative estimate of drug-likeness (QED) is 0.481. The molecular formula is C28H23ClFN3O3. The van der Waals surface area contributed by atoms with Gasteiger partial charge in [-0.2, -0.15) is 5.10 Å². The Kier molecular flexibility index (Phi) is 6.33. The number of ether oxygens (including phenoxy) is 1. The molecule has 6 nitrogen and oxygen atoms in total. The number of carbonyl (C=O) groups excluding carboxylic acids is 2. The highest BCUT2D eigenvalue weighted by Crippen LogP contribution is 2.43. The molecule has 0 radical (unpaired) electrons. The standard InChI is InChI=1S/C28H23ClFN3O3/c1-33-28(35)26-22(17-3-8-20(30)9-4-17)13-18(14-24(26)32-33)16-5-10-21(11-6-16)31-27(34)23-15-19(29)7-12-25(23)36-2/h3-12,14-15,22,26H,13H2,1-2H3,(H,31,34)/t22-,26+/m1/s1. The first-order chi connectivity index (χ1) is 17.3. The Hall–Kier alpha value is -3.97. The van der Waals surface area contributed by atoms with Crippen LogP contribution in [0.15, 0.2) is 77.9 Å². The van der Waals surface area contributed by atoms with Gasteiger partial charge in [-0.25, -0.2) is 9.40 Å². The third-order valence-electron chi connectivity index (χ3n) is 6.55. The lowest BCUT2D eigenvalue weighted by molar-refractivity contribution is -0.131. The van der Waals surface area contributed by atoms with E-state index in [1.807, 2.05) is 30.3 Å². The van der Waals surface area contributed by atoms with Crippen molar-refractivity contribution >= 4 is 40.4 Å². The van der Waals surface area contributed by atoms with Gasteiger partial charge in [0.25, 0.3) is 11.8 Å². The summed E-state index contributed by atoms with van der Waals surface area (Å²) in [7, 11) is 3.14. The predicted molar refractivity (Wildman–Crippen MR) is 138 cm³/mol. The molecule has 0 bridgehead atoms. The van der Waals surface area contributed by atoms with Gasteiger partial charge in [0.15, 0.2) is 0 Å². The van der Waals surface area contributed by atoms with E-state index in [-0.39, 0.29) is 23.5 Å². The maximum Gasteiger partial charge on any atom is 0.259 e. The zero-order chi connectivity index (χ0) is 25.4. The van der Waals surface area contributed by atoms with Gasteiger partial charge in [-0.15, -0.1) is 0 Å². The maximum absolute atomic E-state index is 13.5. The second kappa shape index (κ2) is 9.59. The van der Waals surface area contributed by atoms with E-state index in [1.165, 1.54) is 24.3 Å². The molecule has 8 heteroatoms. The lowest BCUT2D eigenvalue weighted by Crippen LogP contribution is -2.32. The number of hydrogen-bond donors (Lipinski definition) is 1. The second-order valence-corrected chi connectivity index (χ2v) is 9.21. The molecule has 1 heterocycles. The molecule has 0 unspecified atom stereocenters. The zero-order valence-corrected chi connectivity index (χ0v) is 20.4. The van der Waals surface area contributed by atoms with Crippen molar-refractivity contribution in [3.8, 4) is 5.75 Å². The van der Waals surface area contributed by atoms with Crippen LogP contribution in [-0.4, -0.2) is 36.7 Å². The van der Waals surface area contributed by atoms with Crippen molar-refractivity contribution in [1.29, 1.82) is 0 Å². The highest BCUT2D eigenvalue weighted by molar-refractivity contribution is 6.31. The molecule has 1 aliphatic heterocycles. The fourth-order valence-corrected chi connectivity index (χ4v) is 4.92. The summed E-state index contributed by atoms with van der Waals surface area (Å²) in [4.78, 5) is 25.6. The minimum Gasteiger partial charge on any atom is -0.496 e. The molecule has 0 fully saturated rings. The fourth-order valence-electron chi connectivity index (χ4n) is 4.75. The van der Waals surface area contributed by atoms with Crippen molar-refractivity contribution in [2.24, 2.45) is 11.0 Å². The van der Waals surface area contributed by atoms with Crippen LogP contribution in [0.1, 0.15) is 33.8 Å². The average Bonchev–Trinajstić information content (AvgIpc) is 3.17. The van der Waals surface area contributed by atoms with Gasteiger partial charge in [-0.05, 0) is 71.7 Å². The summed E-state index contributed by atoms with van der Waals surface area (Å²) in [5.41, 5.74) is 4.50. The van der Waals surface area contributed by atoms with E-state index in [2.05, 4.69) is 10.4 Å². The lowest BCUT2D eigenvalue weighted by Gasteiger charge is -2.28. The van der Waals surface area contributed by atoms with Crippen LogP contribution in [0.3, 0.4) is 0 Å². The molecule has 182 valence electrons. The molecule has 3 aromatic carbocycles. The van der Waals surface area contributed by atoms with E-state index >= 15 is 0 Å². The summed E-state index contributed by atoms with van der Waals surface area (Å²) in [6.45, 7) is 0. The van der Waals surface area contributed by atoms with Crippen LogP contribution in [0.5, 0.6) is 5.75 Å². The number of halogens is 2. The van der Waals surface area contributed by atoms with Crippen LogP contribution in [0, 0.1) is 11.7 Å². The van der Waals surface area contributed by atoms with Crippen molar-refractivity contribution in [2.75, 3.05) is 19.5 Å². The first-order valence-corrected chi connectivity index (χ1v) is 11.8. The number of methoxy groups -OCH3 is 1. The normalized spacial score (nSPS) is 18.9. The van der Waals surface area contributed by atoms with Crippen molar-refractivity contribution in [3.63, 3.8) is 0 Å².